The van der Waals surface area contributed by atoms with E-state index in [1.54, 1.807) is 6.92 Å². The fourth-order valence-corrected chi connectivity index (χ4v) is 1.40. The predicted octanol–water partition coefficient (Wildman–Crippen LogP) is 1.93. The molecule has 1 N–H and O–H groups in total. The Bertz CT molecular complexity index is 400. The third kappa shape index (κ3) is 2.97. The van der Waals surface area contributed by atoms with Gasteiger partial charge in [-0.25, -0.2) is 18.0 Å². The summed E-state index contributed by atoms with van der Waals surface area (Å²) in [7, 11) is 1.16. The highest BCUT2D eigenvalue weighted by Gasteiger charge is 2.23. The van der Waals surface area contributed by atoms with Gasteiger partial charge in [-0.15, -0.1) is 0 Å². The van der Waals surface area contributed by atoms with E-state index in [4.69, 9.17) is 0 Å². The molecule has 3 nitrogen and oxygen atoms in total. The number of likely N-dealkylation sites (N-methyl/N-ethyl adjacent to an activating group) is 1. The van der Waals surface area contributed by atoms with Crippen molar-refractivity contribution in [2.24, 2.45) is 0 Å². The number of rotatable bonds is 4. The van der Waals surface area contributed by atoms with Gasteiger partial charge in [0.2, 0.25) is 0 Å². The van der Waals surface area contributed by atoms with Gasteiger partial charge in [-0.05, 0) is 24.2 Å². The van der Waals surface area contributed by atoms with Crippen molar-refractivity contribution in [1.82, 2.24) is 5.32 Å². The molecular weight excluding hydrogens is 235 g/mol. The van der Waals surface area contributed by atoms with Crippen molar-refractivity contribution in [3.8, 4) is 0 Å². The first-order valence-corrected chi connectivity index (χ1v) is 4.96. The fourth-order valence-electron chi connectivity index (χ4n) is 1.40. The van der Waals surface area contributed by atoms with Crippen molar-refractivity contribution in [3.63, 3.8) is 0 Å². The molecule has 1 unspecified atom stereocenters. The topological polar surface area (TPSA) is 38.3 Å². The number of hydrogen-bond acceptors (Lipinski definition) is 3. The van der Waals surface area contributed by atoms with Crippen LogP contribution in [-0.2, 0) is 9.53 Å². The Morgan fingerprint density at radius 2 is 1.88 bits per heavy atom. The summed E-state index contributed by atoms with van der Waals surface area (Å²) in [6.45, 7) is 2.10. The summed E-state index contributed by atoms with van der Waals surface area (Å²) in [5.74, 6) is -4.94. The molecule has 0 aliphatic rings. The lowest BCUT2D eigenvalue weighted by Crippen LogP contribution is -2.29. The largest absolute Gasteiger partial charge is 0.468 e. The minimum Gasteiger partial charge on any atom is -0.468 e. The van der Waals surface area contributed by atoms with E-state index in [1.807, 2.05) is 0 Å². The number of carbonyl (C=O) groups is 1. The molecule has 1 aromatic carbocycles. The Morgan fingerprint density at radius 3 is 2.29 bits per heavy atom. The molecule has 1 atom stereocenters. The van der Waals surface area contributed by atoms with Gasteiger partial charge in [0, 0.05) is 0 Å². The first kappa shape index (κ1) is 13.5. The van der Waals surface area contributed by atoms with Crippen LogP contribution >= 0.6 is 0 Å². The summed E-state index contributed by atoms with van der Waals surface area (Å²) < 4.78 is 43.3. The van der Waals surface area contributed by atoms with Gasteiger partial charge in [-0.1, -0.05) is 6.92 Å². The maximum absolute atomic E-state index is 13.0. The van der Waals surface area contributed by atoms with E-state index < -0.39 is 29.5 Å². The molecule has 0 saturated heterocycles. The van der Waals surface area contributed by atoms with Crippen LogP contribution in [-0.4, -0.2) is 19.6 Å². The van der Waals surface area contributed by atoms with Gasteiger partial charge >= 0.3 is 5.97 Å². The molecule has 0 spiro atoms. The second-order valence-electron chi connectivity index (χ2n) is 3.31. The molecule has 0 heterocycles. The number of hydrogen-bond donors (Lipinski definition) is 1. The van der Waals surface area contributed by atoms with Crippen LogP contribution in [0.2, 0.25) is 0 Å². The number of halogens is 3. The molecule has 0 aliphatic heterocycles. The SMILES string of the molecule is CCNC(C(=O)OC)c1cc(F)c(F)c(F)c1. The second kappa shape index (κ2) is 5.67. The van der Waals surface area contributed by atoms with Crippen LogP contribution in [0.3, 0.4) is 0 Å². The molecule has 0 aromatic heterocycles. The monoisotopic (exact) mass is 247 g/mol. The third-order valence-electron chi connectivity index (χ3n) is 2.18. The minimum absolute atomic E-state index is 0.0184. The maximum atomic E-state index is 13.0. The molecule has 17 heavy (non-hydrogen) atoms. The van der Waals surface area contributed by atoms with Crippen LogP contribution in [0.4, 0.5) is 13.2 Å². The maximum Gasteiger partial charge on any atom is 0.327 e. The second-order valence-corrected chi connectivity index (χ2v) is 3.31. The lowest BCUT2D eigenvalue weighted by atomic mass is 10.1. The first-order valence-electron chi connectivity index (χ1n) is 4.96. The van der Waals surface area contributed by atoms with Gasteiger partial charge < -0.3 is 10.1 Å². The lowest BCUT2D eigenvalue weighted by Gasteiger charge is -2.16. The van der Waals surface area contributed by atoms with E-state index in [1.165, 1.54) is 0 Å². The molecule has 0 aliphatic carbocycles. The Labute approximate surface area is 96.6 Å². The summed E-state index contributed by atoms with van der Waals surface area (Å²) in [6, 6.07) is 0.514. The van der Waals surface area contributed by atoms with Crippen LogP contribution in [0, 0.1) is 17.5 Å². The van der Waals surface area contributed by atoms with Crippen molar-refractivity contribution in [3.05, 3.63) is 35.1 Å². The van der Waals surface area contributed by atoms with Crippen LogP contribution in [0.5, 0.6) is 0 Å². The summed E-state index contributed by atoms with van der Waals surface area (Å²) >= 11 is 0. The summed E-state index contributed by atoms with van der Waals surface area (Å²) in [6.07, 6.45) is 0. The van der Waals surface area contributed by atoms with Gasteiger partial charge in [0.15, 0.2) is 17.5 Å². The molecular formula is C11H12F3NO2. The quantitative estimate of drug-likeness (QED) is 0.652. The number of nitrogens with one attached hydrogen (secondary N) is 1. The third-order valence-corrected chi connectivity index (χ3v) is 2.18. The average molecular weight is 247 g/mol. The van der Waals surface area contributed by atoms with Crippen molar-refractivity contribution >= 4 is 5.97 Å². The Morgan fingerprint density at radius 1 is 1.35 bits per heavy atom. The zero-order valence-electron chi connectivity index (χ0n) is 9.39. The zero-order valence-corrected chi connectivity index (χ0v) is 9.39. The number of benzene rings is 1. The normalized spacial score (nSPS) is 12.3. The van der Waals surface area contributed by atoms with Gasteiger partial charge in [0.1, 0.15) is 6.04 Å². The molecule has 1 aromatic rings. The molecule has 6 heteroatoms. The number of esters is 1. The number of ether oxygens (including phenoxy) is 1. The van der Waals surface area contributed by atoms with Crippen LogP contribution < -0.4 is 5.32 Å². The van der Waals surface area contributed by atoms with E-state index in [9.17, 15) is 18.0 Å². The van der Waals surface area contributed by atoms with Crippen LogP contribution in [0.15, 0.2) is 12.1 Å². The smallest absolute Gasteiger partial charge is 0.327 e. The molecule has 94 valence electrons. The summed E-state index contributed by atoms with van der Waals surface area (Å²) in [5, 5.41) is 2.69. The Hall–Kier alpha value is -1.56. The van der Waals surface area contributed by atoms with Crippen molar-refractivity contribution in [1.29, 1.82) is 0 Å². The molecule has 0 fully saturated rings. The van der Waals surface area contributed by atoms with Crippen LogP contribution in [0.1, 0.15) is 18.5 Å². The summed E-state index contributed by atoms with van der Waals surface area (Å²) in [4.78, 5) is 11.4. The highest BCUT2D eigenvalue weighted by atomic mass is 19.2. The standard InChI is InChI=1S/C11H12F3NO2/c1-3-15-10(11(16)17-2)6-4-7(12)9(14)8(13)5-6/h4-5,10,15H,3H2,1-2H3. The molecule has 1 rings (SSSR count). The zero-order chi connectivity index (χ0) is 13.0. The van der Waals surface area contributed by atoms with E-state index in [0.29, 0.717) is 6.54 Å². The first-order chi connectivity index (χ1) is 8.01. The van der Waals surface area contributed by atoms with Crippen LogP contribution in [0.25, 0.3) is 0 Å². The minimum atomic E-state index is -1.56. The van der Waals surface area contributed by atoms with Gasteiger partial charge in [0.05, 0.1) is 7.11 Å². The van der Waals surface area contributed by atoms with Crippen molar-refractivity contribution in [2.45, 2.75) is 13.0 Å². The Balaban J connectivity index is 3.14. The van der Waals surface area contributed by atoms with Crippen molar-refractivity contribution in [2.75, 3.05) is 13.7 Å². The van der Waals surface area contributed by atoms with Gasteiger partial charge in [0.25, 0.3) is 0 Å². The molecule has 0 radical (unpaired) electrons. The molecule has 0 bridgehead atoms. The van der Waals surface area contributed by atoms with E-state index in [-0.39, 0.29) is 5.56 Å². The Kier molecular flexibility index (Phi) is 4.51. The molecule has 0 saturated carbocycles. The number of methoxy groups -OCH3 is 1. The number of carbonyl (C=O) groups excluding carboxylic acids is 1. The fraction of sp³-hybridized carbons (Fsp3) is 0.364. The molecule has 0 amide bonds. The summed E-state index contributed by atoms with van der Waals surface area (Å²) in [5.41, 5.74) is -0.0184. The highest BCUT2D eigenvalue weighted by molar-refractivity contribution is 5.77. The van der Waals surface area contributed by atoms with E-state index in [2.05, 4.69) is 10.1 Å². The van der Waals surface area contributed by atoms with Gasteiger partial charge in [-0.2, -0.15) is 0 Å². The predicted molar refractivity (Wildman–Crippen MR) is 54.7 cm³/mol. The van der Waals surface area contributed by atoms with E-state index in [0.717, 1.165) is 19.2 Å². The highest BCUT2D eigenvalue weighted by Crippen LogP contribution is 2.20. The average Bonchev–Trinajstić information content (AvgIpc) is 2.31. The lowest BCUT2D eigenvalue weighted by molar-refractivity contribution is -0.143. The van der Waals surface area contributed by atoms with Crippen molar-refractivity contribution < 1.29 is 22.7 Å². The van der Waals surface area contributed by atoms with E-state index >= 15 is 0 Å². The van der Waals surface area contributed by atoms with Gasteiger partial charge in [-0.3, -0.25) is 0 Å².